The number of rotatable bonds is 4. The SMILES string of the molecule is CN(CC(=O)Nc1ccc(Cl)c(Cl)c1)C(=O)c1cccc(Cl)c1Cl. The fraction of sp³-hybridized carbons (Fsp3) is 0.125. The van der Waals surface area contributed by atoms with Crippen LogP contribution in [0.3, 0.4) is 0 Å². The first kappa shape index (κ1) is 18.9. The van der Waals surface area contributed by atoms with Crippen LogP contribution < -0.4 is 5.32 Å². The molecule has 1 N–H and O–H groups in total. The van der Waals surface area contributed by atoms with Crippen molar-refractivity contribution < 1.29 is 9.59 Å². The Morgan fingerprint density at radius 2 is 1.71 bits per heavy atom. The van der Waals surface area contributed by atoms with E-state index >= 15 is 0 Å². The highest BCUT2D eigenvalue weighted by molar-refractivity contribution is 6.44. The molecule has 8 heteroatoms. The molecule has 0 aromatic heterocycles. The molecule has 0 bridgehead atoms. The highest BCUT2D eigenvalue weighted by Gasteiger charge is 2.19. The normalized spacial score (nSPS) is 10.4. The van der Waals surface area contributed by atoms with E-state index in [4.69, 9.17) is 46.4 Å². The Labute approximate surface area is 159 Å². The number of benzene rings is 2. The minimum atomic E-state index is -0.410. The lowest BCUT2D eigenvalue weighted by Gasteiger charge is -2.18. The number of nitrogens with zero attached hydrogens (tertiary/aromatic N) is 1. The van der Waals surface area contributed by atoms with Gasteiger partial charge in [0.1, 0.15) is 0 Å². The average molecular weight is 406 g/mol. The molecule has 2 rings (SSSR count). The molecular formula is C16H12Cl4N2O2. The quantitative estimate of drug-likeness (QED) is 0.776. The maximum atomic E-state index is 12.4. The standard InChI is InChI=1S/C16H12Cl4N2O2/c1-22(16(24)10-3-2-4-12(18)15(10)20)8-14(23)21-9-5-6-11(17)13(19)7-9/h2-7H,8H2,1H3,(H,21,23). The van der Waals surface area contributed by atoms with Crippen LogP contribution in [0.15, 0.2) is 36.4 Å². The number of carbonyl (C=O) groups is 2. The van der Waals surface area contributed by atoms with Gasteiger partial charge in [0.15, 0.2) is 0 Å². The molecule has 2 amide bonds. The van der Waals surface area contributed by atoms with Gasteiger partial charge in [-0.25, -0.2) is 0 Å². The van der Waals surface area contributed by atoms with Gasteiger partial charge >= 0.3 is 0 Å². The van der Waals surface area contributed by atoms with Crippen molar-refractivity contribution in [2.45, 2.75) is 0 Å². The molecule has 0 unspecified atom stereocenters. The number of amides is 2. The predicted octanol–water partition coefficient (Wildman–Crippen LogP) is 5.01. The molecule has 126 valence electrons. The van der Waals surface area contributed by atoms with Crippen LogP contribution in [0.2, 0.25) is 20.1 Å². The van der Waals surface area contributed by atoms with Crippen LogP contribution in [0.25, 0.3) is 0 Å². The number of hydrogen-bond acceptors (Lipinski definition) is 2. The summed E-state index contributed by atoms with van der Waals surface area (Å²) in [5.41, 5.74) is 0.713. The maximum Gasteiger partial charge on any atom is 0.255 e. The molecule has 0 atom stereocenters. The number of halogens is 4. The third kappa shape index (κ3) is 4.54. The van der Waals surface area contributed by atoms with Crippen LogP contribution >= 0.6 is 46.4 Å². The Hall–Kier alpha value is -1.46. The molecule has 0 aliphatic heterocycles. The van der Waals surface area contributed by atoms with Crippen LogP contribution in [0.5, 0.6) is 0 Å². The van der Waals surface area contributed by atoms with Crippen molar-refractivity contribution in [3.05, 3.63) is 62.1 Å². The summed E-state index contributed by atoms with van der Waals surface area (Å²) >= 11 is 23.6. The molecule has 2 aromatic carbocycles. The third-order valence-corrected chi connectivity index (χ3v) is 4.67. The first-order valence-corrected chi connectivity index (χ1v) is 8.25. The van der Waals surface area contributed by atoms with Crippen molar-refractivity contribution in [2.24, 2.45) is 0 Å². The minimum absolute atomic E-state index is 0.154. The van der Waals surface area contributed by atoms with Gasteiger partial charge in [-0.1, -0.05) is 52.5 Å². The van der Waals surface area contributed by atoms with E-state index < -0.39 is 5.91 Å². The second-order valence-electron chi connectivity index (χ2n) is 4.94. The molecule has 0 radical (unpaired) electrons. The molecule has 0 heterocycles. The van der Waals surface area contributed by atoms with Crippen LogP contribution in [-0.4, -0.2) is 30.3 Å². The van der Waals surface area contributed by atoms with Crippen LogP contribution in [0.1, 0.15) is 10.4 Å². The zero-order valence-corrected chi connectivity index (χ0v) is 15.5. The Kier molecular flexibility index (Phi) is 6.35. The van der Waals surface area contributed by atoms with Gasteiger partial charge in [0.25, 0.3) is 5.91 Å². The summed E-state index contributed by atoms with van der Waals surface area (Å²) in [6.07, 6.45) is 0. The van der Waals surface area contributed by atoms with Gasteiger partial charge < -0.3 is 10.2 Å². The molecule has 0 aliphatic carbocycles. The van der Waals surface area contributed by atoms with Crippen molar-refractivity contribution >= 4 is 63.9 Å². The highest BCUT2D eigenvalue weighted by atomic mass is 35.5. The number of likely N-dealkylation sites (N-methyl/N-ethyl adjacent to an activating group) is 1. The lowest BCUT2D eigenvalue weighted by atomic mass is 10.2. The molecular weight excluding hydrogens is 394 g/mol. The zero-order valence-electron chi connectivity index (χ0n) is 12.4. The molecule has 2 aromatic rings. The van der Waals surface area contributed by atoms with Crippen molar-refractivity contribution in [1.82, 2.24) is 4.90 Å². The Bertz CT molecular complexity index is 796. The topological polar surface area (TPSA) is 49.4 Å². The molecule has 4 nitrogen and oxygen atoms in total. The van der Waals surface area contributed by atoms with Crippen LogP contribution in [0, 0.1) is 0 Å². The van der Waals surface area contributed by atoms with E-state index in [-0.39, 0.29) is 28.1 Å². The van der Waals surface area contributed by atoms with Crippen LogP contribution in [-0.2, 0) is 4.79 Å². The Balaban J connectivity index is 2.04. The van der Waals surface area contributed by atoms with Crippen molar-refractivity contribution in [3.63, 3.8) is 0 Å². The number of anilines is 1. The van der Waals surface area contributed by atoms with E-state index in [0.29, 0.717) is 15.7 Å². The minimum Gasteiger partial charge on any atom is -0.332 e. The molecule has 24 heavy (non-hydrogen) atoms. The zero-order chi connectivity index (χ0) is 17.9. The van der Waals surface area contributed by atoms with E-state index in [1.807, 2.05) is 0 Å². The Morgan fingerprint density at radius 3 is 2.38 bits per heavy atom. The third-order valence-electron chi connectivity index (χ3n) is 3.11. The molecule has 0 spiro atoms. The van der Waals surface area contributed by atoms with E-state index in [1.165, 1.54) is 18.0 Å². The highest BCUT2D eigenvalue weighted by Crippen LogP contribution is 2.27. The maximum absolute atomic E-state index is 12.4. The fourth-order valence-corrected chi connectivity index (χ4v) is 2.62. The molecule has 0 aliphatic rings. The van der Waals surface area contributed by atoms with E-state index in [0.717, 1.165) is 0 Å². The van der Waals surface area contributed by atoms with E-state index in [9.17, 15) is 9.59 Å². The van der Waals surface area contributed by atoms with E-state index in [1.54, 1.807) is 30.3 Å². The molecule has 0 saturated carbocycles. The van der Waals surface area contributed by atoms with Gasteiger partial charge in [0.05, 0.1) is 32.2 Å². The van der Waals surface area contributed by atoms with Crippen molar-refractivity contribution in [2.75, 3.05) is 18.9 Å². The fourth-order valence-electron chi connectivity index (χ4n) is 1.94. The summed E-state index contributed by atoms with van der Waals surface area (Å²) in [4.78, 5) is 25.7. The summed E-state index contributed by atoms with van der Waals surface area (Å²) in [5.74, 6) is -0.797. The van der Waals surface area contributed by atoms with Gasteiger partial charge in [-0.3, -0.25) is 9.59 Å². The summed E-state index contributed by atoms with van der Waals surface area (Å²) < 4.78 is 0. The van der Waals surface area contributed by atoms with E-state index in [2.05, 4.69) is 5.32 Å². The second kappa shape index (κ2) is 8.08. The van der Waals surface area contributed by atoms with Gasteiger partial charge in [-0.15, -0.1) is 0 Å². The monoisotopic (exact) mass is 404 g/mol. The van der Waals surface area contributed by atoms with Crippen molar-refractivity contribution in [1.29, 1.82) is 0 Å². The summed E-state index contributed by atoms with van der Waals surface area (Å²) in [6, 6.07) is 9.45. The van der Waals surface area contributed by atoms with Gasteiger partial charge in [0, 0.05) is 12.7 Å². The molecule has 0 fully saturated rings. The average Bonchev–Trinajstić information content (AvgIpc) is 2.52. The Morgan fingerprint density at radius 1 is 1.00 bits per heavy atom. The van der Waals surface area contributed by atoms with Crippen molar-refractivity contribution in [3.8, 4) is 0 Å². The summed E-state index contributed by atoms with van der Waals surface area (Å²) in [6.45, 7) is -0.165. The van der Waals surface area contributed by atoms with Gasteiger partial charge in [0.2, 0.25) is 5.91 Å². The lowest BCUT2D eigenvalue weighted by molar-refractivity contribution is -0.116. The number of carbonyl (C=O) groups excluding carboxylic acids is 2. The number of nitrogens with one attached hydrogen (secondary N) is 1. The summed E-state index contributed by atoms with van der Waals surface area (Å²) in [7, 11) is 1.49. The lowest BCUT2D eigenvalue weighted by Crippen LogP contribution is -2.35. The van der Waals surface area contributed by atoms with Gasteiger partial charge in [-0.05, 0) is 30.3 Å². The number of hydrogen-bond donors (Lipinski definition) is 1. The van der Waals surface area contributed by atoms with Gasteiger partial charge in [-0.2, -0.15) is 0 Å². The largest absolute Gasteiger partial charge is 0.332 e. The first-order chi connectivity index (χ1) is 11.3. The molecule has 0 saturated heterocycles. The summed E-state index contributed by atoms with van der Waals surface area (Å²) in [5, 5.41) is 3.78. The second-order valence-corrected chi connectivity index (χ2v) is 6.54. The predicted molar refractivity (Wildman–Crippen MR) is 98.5 cm³/mol. The van der Waals surface area contributed by atoms with Crippen LogP contribution in [0.4, 0.5) is 5.69 Å². The first-order valence-electron chi connectivity index (χ1n) is 6.74. The smallest absolute Gasteiger partial charge is 0.255 e.